The van der Waals surface area contributed by atoms with Crippen molar-refractivity contribution in [1.82, 2.24) is 5.32 Å². The van der Waals surface area contributed by atoms with E-state index >= 15 is 0 Å². The third-order valence-electron chi connectivity index (χ3n) is 2.48. The molecule has 0 aromatic heterocycles. The van der Waals surface area contributed by atoms with Crippen LogP contribution in [0.4, 0.5) is 0 Å². The summed E-state index contributed by atoms with van der Waals surface area (Å²) in [6.07, 6.45) is 1.35. The van der Waals surface area contributed by atoms with Crippen molar-refractivity contribution in [3.8, 4) is 0 Å². The van der Waals surface area contributed by atoms with Crippen LogP contribution in [0.1, 0.15) is 37.0 Å². The van der Waals surface area contributed by atoms with Gasteiger partial charge in [-0.05, 0) is 25.0 Å². The van der Waals surface area contributed by atoms with Gasteiger partial charge in [-0.2, -0.15) is 0 Å². The van der Waals surface area contributed by atoms with Gasteiger partial charge in [0.05, 0.1) is 16.2 Å². The van der Waals surface area contributed by atoms with Crippen molar-refractivity contribution in [1.29, 1.82) is 0 Å². The zero-order valence-electron chi connectivity index (χ0n) is 10.8. The Balaban J connectivity index is 3.11. The van der Waals surface area contributed by atoms with Crippen LogP contribution in [0.15, 0.2) is 29.2 Å². The smallest absolute Gasteiger partial charge is 0.252 e. The second kappa shape index (κ2) is 6.54. The standard InChI is InChI=1S/C13H19NO3S/c1-3-9-14-13(15)11-7-5-6-8-12(11)18(16,17)10-4-2/h5-8H,3-4,9-10H2,1-2H3,(H,14,15). The molecule has 4 nitrogen and oxygen atoms in total. The Bertz CT molecular complexity index is 509. The third-order valence-corrected chi connectivity index (χ3v) is 4.45. The van der Waals surface area contributed by atoms with Gasteiger partial charge < -0.3 is 5.32 Å². The molecule has 5 heteroatoms. The Morgan fingerprint density at radius 3 is 2.44 bits per heavy atom. The molecule has 0 spiro atoms. The minimum Gasteiger partial charge on any atom is -0.352 e. The van der Waals surface area contributed by atoms with Gasteiger partial charge in [0.15, 0.2) is 9.84 Å². The Labute approximate surface area is 108 Å². The summed E-state index contributed by atoms with van der Waals surface area (Å²) in [6.45, 7) is 4.29. The number of carbonyl (C=O) groups excluding carboxylic acids is 1. The summed E-state index contributed by atoms with van der Waals surface area (Å²) >= 11 is 0. The van der Waals surface area contributed by atoms with Crippen molar-refractivity contribution in [3.63, 3.8) is 0 Å². The highest BCUT2D eigenvalue weighted by Crippen LogP contribution is 2.17. The summed E-state index contributed by atoms with van der Waals surface area (Å²) in [5.74, 6) is -0.266. The van der Waals surface area contributed by atoms with Crippen LogP contribution in [-0.2, 0) is 9.84 Å². The van der Waals surface area contributed by atoms with Gasteiger partial charge in [-0.15, -0.1) is 0 Å². The maximum Gasteiger partial charge on any atom is 0.252 e. The Morgan fingerprint density at radius 2 is 1.83 bits per heavy atom. The molecular formula is C13H19NO3S. The quantitative estimate of drug-likeness (QED) is 0.859. The molecule has 0 saturated heterocycles. The first-order valence-corrected chi connectivity index (χ1v) is 7.78. The highest BCUT2D eigenvalue weighted by Gasteiger charge is 2.20. The average Bonchev–Trinajstić information content (AvgIpc) is 2.36. The second-order valence-electron chi connectivity index (χ2n) is 4.07. The molecule has 1 aromatic carbocycles. The van der Waals surface area contributed by atoms with Gasteiger partial charge in [0, 0.05) is 6.54 Å². The fraction of sp³-hybridized carbons (Fsp3) is 0.462. The molecular weight excluding hydrogens is 250 g/mol. The molecule has 0 fully saturated rings. The van der Waals surface area contributed by atoms with Crippen molar-refractivity contribution in [2.24, 2.45) is 0 Å². The molecule has 1 rings (SSSR count). The van der Waals surface area contributed by atoms with Crippen LogP contribution in [0.2, 0.25) is 0 Å². The molecule has 0 aliphatic rings. The molecule has 0 bridgehead atoms. The van der Waals surface area contributed by atoms with Crippen LogP contribution in [0.3, 0.4) is 0 Å². The number of nitrogens with one attached hydrogen (secondary N) is 1. The maximum atomic E-state index is 12.1. The van der Waals surface area contributed by atoms with Crippen LogP contribution >= 0.6 is 0 Å². The van der Waals surface area contributed by atoms with E-state index in [0.717, 1.165) is 6.42 Å². The topological polar surface area (TPSA) is 63.2 Å². The zero-order chi connectivity index (χ0) is 13.6. The summed E-state index contributed by atoms with van der Waals surface area (Å²) in [7, 11) is -3.37. The van der Waals surface area contributed by atoms with E-state index in [1.165, 1.54) is 6.07 Å². The monoisotopic (exact) mass is 269 g/mol. The van der Waals surface area contributed by atoms with Gasteiger partial charge >= 0.3 is 0 Å². The molecule has 0 unspecified atom stereocenters. The van der Waals surface area contributed by atoms with Crippen molar-refractivity contribution >= 4 is 15.7 Å². The predicted octanol–water partition coefficient (Wildman–Crippen LogP) is 2.01. The molecule has 0 radical (unpaired) electrons. The van der Waals surface area contributed by atoms with E-state index in [1.807, 2.05) is 6.92 Å². The maximum absolute atomic E-state index is 12.1. The first-order chi connectivity index (χ1) is 8.53. The number of carbonyl (C=O) groups is 1. The van der Waals surface area contributed by atoms with Gasteiger partial charge in [0.1, 0.15) is 0 Å². The Kier molecular flexibility index (Phi) is 5.34. The number of rotatable bonds is 6. The fourth-order valence-electron chi connectivity index (χ4n) is 1.64. The molecule has 1 N–H and O–H groups in total. The highest BCUT2D eigenvalue weighted by atomic mass is 32.2. The van der Waals surface area contributed by atoms with E-state index in [4.69, 9.17) is 0 Å². The number of amides is 1. The number of sulfone groups is 1. The normalized spacial score (nSPS) is 11.2. The van der Waals surface area contributed by atoms with E-state index in [9.17, 15) is 13.2 Å². The van der Waals surface area contributed by atoms with Gasteiger partial charge in [0.2, 0.25) is 0 Å². The largest absolute Gasteiger partial charge is 0.352 e. The lowest BCUT2D eigenvalue weighted by Crippen LogP contribution is -2.26. The van der Waals surface area contributed by atoms with Crippen molar-refractivity contribution in [3.05, 3.63) is 29.8 Å². The number of hydrogen-bond acceptors (Lipinski definition) is 3. The predicted molar refractivity (Wildman–Crippen MR) is 71.4 cm³/mol. The first kappa shape index (κ1) is 14.7. The molecule has 100 valence electrons. The molecule has 0 aliphatic heterocycles. The van der Waals surface area contributed by atoms with E-state index in [-0.39, 0.29) is 22.1 Å². The molecule has 1 aromatic rings. The summed E-state index contributed by atoms with van der Waals surface area (Å²) in [5, 5.41) is 2.70. The zero-order valence-corrected chi connectivity index (χ0v) is 11.6. The third kappa shape index (κ3) is 3.57. The molecule has 18 heavy (non-hydrogen) atoms. The van der Waals surface area contributed by atoms with Gasteiger partial charge in [-0.1, -0.05) is 26.0 Å². The highest BCUT2D eigenvalue weighted by molar-refractivity contribution is 7.91. The molecule has 0 saturated carbocycles. The van der Waals surface area contributed by atoms with E-state index in [2.05, 4.69) is 5.32 Å². The summed E-state index contributed by atoms with van der Waals surface area (Å²) in [4.78, 5) is 12.0. The van der Waals surface area contributed by atoms with Crippen LogP contribution in [0.25, 0.3) is 0 Å². The second-order valence-corrected chi connectivity index (χ2v) is 6.15. The SMILES string of the molecule is CCCNC(=O)c1ccccc1S(=O)(=O)CCC. The molecule has 0 atom stereocenters. The first-order valence-electron chi connectivity index (χ1n) is 6.13. The minimum absolute atomic E-state index is 0.0606. The lowest BCUT2D eigenvalue weighted by Gasteiger charge is -2.09. The lowest BCUT2D eigenvalue weighted by molar-refractivity contribution is 0.0950. The summed E-state index contributed by atoms with van der Waals surface area (Å²) in [5.41, 5.74) is 0.236. The van der Waals surface area contributed by atoms with E-state index < -0.39 is 9.84 Å². The molecule has 1 amide bonds. The average molecular weight is 269 g/mol. The van der Waals surface area contributed by atoms with Crippen LogP contribution < -0.4 is 5.32 Å². The van der Waals surface area contributed by atoms with Crippen molar-refractivity contribution < 1.29 is 13.2 Å². The number of hydrogen-bond donors (Lipinski definition) is 1. The summed E-state index contributed by atoms with van der Waals surface area (Å²) < 4.78 is 24.1. The van der Waals surface area contributed by atoms with Crippen molar-refractivity contribution in [2.75, 3.05) is 12.3 Å². The summed E-state index contributed by atoms with van der Waals surface area (Å²) in [6, 6.07) is 6.35. The van der Waals surface area contributed by atoms with Crippen LogP contribution in [-0.4, -0.2) is 26.6 Å². The minimum atomic E-state index is -3.37. The lowest BCUT2D eigenvalue weighted by atomic mass is 10.2. The fourth-order valence-corrected chi connectivity index (χ4v) is 3.18. The molecule has 0 aliphatic carbocycles. The van der Waals surface area contributed by atoms with Crippen molar-refractivity contribution in [2.45, 2.75) is 31.6 Å². The Morgan fingerprint density at radius 1 is 1.17 bits per heavy atom. The van der Waals surface area contributed by atoms with Gasteiger partial charge in [0.25, 0.3) is 5.91 Å². The van der Waals surface area contributed by atoms with E-state index in [0.29, 0.717) is 13.0 Å². The van der Waals surface area contributed by atoms with Gasteiger partial charge in [-0.3, -0.25) is 4.79 Å². The molecule has 0 heterocycles. The Hall–Kier alpha value is -1.36. The number of benzene rings is 1. The van der Waals surface area contributed by atoms with E-state index in [1.54, 1.807) is 25.1 Å². The van der Waals surface area contributed by atoms with Gasteiger partial charge in [-0.25, -0.2) is 8.42 Å². The van der Waals surface area contributed by atoms with Crippen LogP contribution in [0, 0.1) is 0 Å². The van der Waals surface area contributed by atoms with Crippen LogP contribution in [0.5, 0.6) is 0 Å².